The highest BCUT2D eigenvalue weighted by molar-refractivity contribution is 5.76. The van der Waals surface area contributed by atoms with Crippen LogP contribution < -0.4 is 17.0 Å². The monoisotopic (exact) mass is 179 g/mol. The highest BCUT2D eigenvalue weighted by Gasteiger charge is 2.11. The minimum atomic E-state index is 0.753. The maximum absolute atomic E-state index is 5.92. The van der Waals surface area contributed by atoms with Crippen molar-refractivity contribution in [3.05, 3.63) is 22.3 Å². The molecular formula is C10H17N3. The number of nitrogen functional groups attached to an aromatic ring is 2. The van der Waals surface area contributed by atoms with E-state index in [1.54, 1.807) is 0 Å². The molecule has 5 N–H and O–H groups in total. The third kappa shape index (κ3) is 1.35. The maximum Gasteiger partial charge on any atom is 0.0751 e. The number of hydrogen-bond donors (Lipinski definition) is 3. The minimum absolute atomic E-state index is 0.753. The lowest BCUT2D eigenvalue weighted by Gasteiger charge is -2.17. The van der Waals surface area contributed by atoms with E-state index in [1.807, 2.05) is 13.8 Å². The topological polar surface area (TPSA) is 64.1 Å². The molecular weight excluding hydrogens is 162 g/mol. The number of benzene rings is 1. The predicted molar refractivity (Wildman–Crippen MR) is 57.6 cm³/mol. The van der Waals surface area contributed by atoms with Gasteiger partial charge in [0.25, 0.3) is 0 Å². The van der Waals surface area contributed by atoms with Gasteiger partial charge in [0.05, 0.1) is 11.4 Å². The van der Waals surface area contributed by atoms with Crippen LogP contribution in [0.15, 0.2) is 0 Å². The Labute approximate surface area is 79.1 Å². The van der Waals surface area contributed by atoms with Crippen molar-refractivity contribution in [2.75, 3.05) is 11.2 Å². The molecule has 3 heteroatoms. The zero-order chi connectivity index (χ0) is 10.2. The van der Waals surface area contributed by atoms with Gasteiger partial charge in [-0.1, -0.05) is 0 Å². The van der Waals surface area contributed by atoms with E-state index < -0.39 is 0 Å². The Balaban J connectivity index is 3.56. The van der Waals surface area contributed by atoms with Gasteiger partial charge in [0.1, 0.15) is 0 Å². The van der Waals surface area contributed by atoms with Crippen LogP contribution in [0.4, 0.5) is 11.4 Å². The number of hydrazine groups is 1. The molecule has 0 unspecified atom stereocenters. The van der Waals surface area contributed by atoms with Crippen LogP contribution in [0.2, 0.25) is 0 Å². The molecule has 0 aliphatic rings. The van der Waals surface area contributed by atoms with Gasteiger partial charge in [0.15, 0.2) is 0 Å². The van der Waals surface area contributed by atoms with Crippen LogP contribution in [0.5, 0.6) is 0 Å². The van der Waals surface area contributed by atoms with Crippen LogP contribution in [0.25, 0.3) is 0 Å². The average Bonchev–Trinajstić information content (AvgIpc) is 2.13. The lowest BCUT2D eigenvalue weighted by Crippen LogP contribution is -2.13. The highest BCUT2D eigenvalue weighted by atomic mass is 15.2. The Morgan fingerprint density at radius 1 is 0.846 bits per heavy atom. The van der Waals surface area contributed by atoms with E-state index in [2.05, 4.69) is 19.3 Å². The van der Waals surface area contributed by atoms with E-state index in [-0.39, 0.29) is 0 Å². The van der Waals surface area contributed by atoms with Crippen molar-refractivity contribution in [3.63, 3.8) is 0 Å². The molecule has 0 amide bonds. The summed E-state index contributed by atoms with van der Waals surface area (Å²) in [6.45, 7) is 8.19. The Kier molecular flexibility index (Phi) is 2.48. The molecule has 0 aliphatic heterocycles. The van der Waals surface area contributed by atoms with E-state index >= 15 is 0 Å². The molecule has 72 valence electrons. The third-order valence-electron chi connectivity index (χ3n) is 2.88. The summed E-state index contributed by atoms with van der Waals surface area (Å²) in [4.78, 5) is 0. The number of rotatable bonds is 1. The fraction of sp³-hybridized carbons (Fsp3) is 0.400. The number of anilines is 2. The summed E-state index contributed by atoms with van der Waals surface area (Å²) in [5.74, 6) is 5.41. The van der Waals surface area contributed by atoms with Gasteiger partial charge in [0.2, 0.25) is 0 Å². The van der Waals surface area contributed by atoms with Gasteiger partial charge in [-0.15, -0.1) is 0 Å². The van der Waals surface area contributed by atoms with E-state index in [0.717, 1.165) is 22.5 Å². The summed E-state index contributed by atoms with van der Waals surface area (Å²) >= 11 is 0. The Morgan fingerprint density at radius 2 is 1.31 bits per heavy atom. The van der Waals surface area contributed by atoms with Gasteiger partial charge in [-0.3, -0.25) is 5.84 Å². The van der Waals surface area contributed by atoms with Gasteiger partial charge < -0.3 is 11.2 Å². The first kappa shape index (κ1) is 9.86. The molecule has 1 aromatic rings. The minimum Gasteiger partial charge on any atom is -0.397 e. The number of nitrogens with two attached hydrogens (primary N) is 2. The van der Waals surface area contributed by atoms with Crippen molar-refractivity contribution in [1.29, 1.82) is 0 Å². The smallest absolute Gasteiger partial charge is 0.0751 e. The van der Waals surface area contributed by atoms with Crippen molar-refractivity contribution < 1.29 is 0 Å². The molecule has 0 spiro atoms. The molecule has 1 rings (SSSR count). The van der Waals surface area contributed by atoms with Crippen molar-refractivity contribution >= 4 is 11.4 Å². The van der Waals surface area contributed by atoms with E-state index in [9.17, 15) is 0 Å². The van der Waals surface area contributed by atoms with Gasteiger partial charge in [-0.05, 0) is 49.9 Å². The van der Waals surface area contributed by atoms with Crippen LogP contribution in [-0.2, 0) is 0 Å². The van der Waals surface area contributed by atoms with Crippen molar-refractivity contribution in [2.45, 2.75) is 27.7 Å². The molecule has 3 nitrogen and oxygen atoms in total. The second-order valence-electron chi connectivity index (χ2n) is 3.43. The SMILES string of the molecule is Cc1c(C)c(C)c(NN)c(N)c1C. The molecule has 0 heterocycles. The third-order valence-corrected chi connectivity index (χ3v) is 2.88. The van der Waals surface area contributed by atoms with Crippen molar-refractivity contribution in [3.8, 4) is 0 Å². The van der Waals surface area contributed by atoms with Gasteiger partial charge in [0, 0.05) is 0 Å². The second-order valence-corrected chi connectivity index (χ2v) is 3.43. The van der Waals surface area contributed by atoms with Crippen LogP contribution in [0.1, 0.15) is 22.3 Å². The lowest BCUT2D eigenvalue weighted by molar-refractivity contribution is 1.20. The molecule has 0 saturated carbocycles. The highest BCUT2D eigenvalue weighted by Crippen LogP contribution is 2.31. The summed E-state index contributed by atoms with van der Waals surface area (Å²) in [6.07, 6.45) is 0. The van der Waals surface area contributed by atoms with Crippen molar-refractivity contribution in [2.24, 2.45) is 5.84 Å². The largest absolute Gasteiger partial charge is 0.397 e. The molecule has 0 saturated heterocycles. The molecule has 0 radical (unpaired) electrons. The Bertz CT molecular complexity index is 314. The van der Waals surface area contributed by atoms with Crippen LogP contribution in [0, 0.1) is 27.7 Å². The average molecular weight is 179 g/mol. The molecule has 13 heavy (non-hydrogen) atoms. The first-order valence-corrected chi connectivity index (χ1v) is 4.33. The predicted octanol–water partition coefficient (Wildman–Crippen LogP) is 1.79. The van der Waals surface area contributed by atoms with Crippen LogP contribution >= 0.6 is 0 Å². The fourth-order valence-corrected chi connectivity index (χ4v) is 1.53. The maximum atomic E-state index is 5.92. The van der Waals surface area contributed by atoms with Gasteiger partial charge in [-0.2, -0.15) is 0 Å². The van der Waals surface area contributed by atoms with E-state index in [4.69, 9.17) is 11.6 Å². The van der Waals surface area contributed by atoms with Gasteiger partial charge in [-0.25, -0.2) is 0 Å². The summed E-state index contributed by atoms with van der Waals surface area (Å²) in [6, 6.07) is 0. The molecule has 1 aromatic carbocycles. The number of nitrogens with one attached hydrogen (secondary N) is 1. The number of hydrogen-bond acceptors (Lipinski definition) is 3. The van der Waals surface area contributed by atoms with Crippen molar-refractivity contribution in [1.82, 2.24) is 0 Å². The van der Waals surface area contributed by atoms with Crippen LogP contribution in [0.3, 0.4) is 0 Å². The molecule has 0 aliphatic carbocycles. The zero-order valence-electron chi connectivity index (χ0n) is 8.65. The Hall–Kier alpha value is -1.22. The van der Waals surface area contributed by atoms with E-state index in [1.165, 1.54) is 11.1 Å². The molecule has 0 fully saturated rings. The summed E-state index contributed by atoms with van der Waals surface area (Å²) in [5.41, 5.74) is 14.9. The lowest BCUT2D eigenvalue weighted by atomic mass is 9.96. The van der Waals surface area contributed by atoms with Crippen LogP contribution in [-0.4, -0.2) is 0 Å². The summed E-state index contributed by atoms with van der Waals surface area (Å²) in [7, 11) is 0. The van der Waals surface area contributed by atoms with E-state index in [0.29, 0.717) is 0 Å². The molecule has 0 bridgehead atoms. The second kappa shape index (κ2) is 3.26. The first-order valence-electron chi connectivity index (χ1n) is 4.33. The zero-order valence-corrected chi connectivity index (χ0v) is 8.65. The Morgan fingerprint density at radius 3 is 1.77 bits per heavy atom. The molecule has 0 atom stereocenters. The first-order chi connectivity index (χ1) is 6.00. The summed E-state index contributed by atoms with van der Waals surface area (Å²) in [5, 5.41) is 0. The fourth-order valence-electron chi connectivity index (χ4n) is 1.53. The normalized spacial score (nSPS) is 10.2. The standard InChI is InChI=1S/C10H17N3/c1-5-6(2)8(4)10(13-12)9(11)7(5)3/h13H,11-12H2,1-4H3. The quantitative estimate of drug-likeness (QED) is 0.350. The molecule has 0 aromatic heterocycles. The summed E-state index contributed by atoms with van der Waals surface area (Å²) < 4.78 is 0. The van der Waals surface area contributed by atoms with Gasteiger partial charge >= 0.3 is 0 Å².